The monoisotopic (exact) mass is 426 g/mol. The minimum absolute atomic E-state index is 0.0915. The van der Waals surface area contributed by atoms with Gasteiger partial charge in [-0.05, 0) is 42.7 Å². The fraction of sp³-hybridized carbons (Fsp3) is 0.269. The van der Waals surface area contributed by atoms with Crippen molar-refractivity contribution < 1.29 is 14.3 Å². The average Bonchev–Trinajstić information content (AvgIpc) is 3.45. The van der Waals surface area contributed by atoms with E-state index in [-0.39, 0.29) is 17.4 Å². The predicted molar refractivity (Wildman–Crippen MR) is 118 cm³/mol. The van der Waals surface area contributed by atoms with Gasteiger partial charge in [-0.1, -0.05) is 36.4 Å². The van der Waals surface area contributed by atoms with E-state index in [0.717, 1.165) is 29.7 Å². The van der Waals surface area contributed by atoms with Crippen LogP contribution in [0.5, 0.6) is 0 Å². The normalized spacial score (nSPS) is 22.6. The zero-order valence-electron chi connectivity index (χ0n) is 17.5. The van der Waals surface area contributed by atoms with Gasteiger partial charge < -0.3 is 9.64 Å². The van der Waals surface area contributed by atoms with Crippen molar-refractivity contribution in [2.75, 3.05) is 13.1 Å². The fourth-order valence-corrected chi connectivity index (χ4v) is 5.24. The number of likely N-dealkylation sites (tertiary alicyclic amines) is 1. The summed E-state index contributed by atoms with van der Waals surface area (Å²) in [5.74, 6) is -0.206. The molecule has 6 rings (SSSR count). The largest absolute Gasteiger partial charge is 0.449 e. The first-order valence-electron chi connectivity index (χ1n) is 10.9. The minimum atomic E-state index is -0.724. The number of benzene rings is 2. The van der Waals surface area contributed by atoms with Crippen LogP contribution in [0.1, 0.15) is 40.7 Å². The van der Waals surface area contributed by atoms with Crippen molar-refractivity contribution in [2.24, 2.45) is 0 Å². The molecule has 1 aliphatic carbocycles. The van der Waals surface area contributed by atoms with Crippen LogP contribution in [0.3, 0.4) is 0 Å². The number of aromatic nitrogens is 1. The highest BCUT2D eigenvalue weighted by Gasteiger charge is 2.57. The number of carbonyl (C=O) groups excluding carboxylic acids is 2. The van der Waals surface area contributed by atoms with Gasteiger partial charge in [0.15, 0.2) is 5.60 Å². The van der Waals surface area contributed by atoms with Crippen LogP contribution in [-0.2, 0) is 20.5 Å². The van der Waals surface area contributed by atoms with Crippen LogP contribution in [0.2, 0.25) is 0 Å². The van der Waals surface area contributed by atoms with Crippen LogP contribution >= 0.6 is 0 Å². The zero-order valence-corrected chi connectivity index (χ0v) is 17.5. The molecule has 0 bridgehead atoms. The van der Waals surface area contributed by atoms with E-state index < -0.39 is 11.0 Å². The highest BCUT2D eigenvalue weighted by molar-refractivity contribution is 5.96. The van der Waals surface area contributed by atoms with Crippen molar-refractivity contribution in [1.29, 1.82) is 0 Å². The molecular weight excluding hydrogens is 404 g/mol. The number of esters is 1. The number of nitrogens with zero attached hydrogens (tertiary/aromatic N) is 2. The molecule has 32 heavy (non-hydrogen) atoms. The molecule has 6 nitrogen and oxygen atoms in total. The molecule has 6 heteroatoms. The maximum Gasteiger partial charge on any atom is 0.339 e. The molecule has 3 aromatic rings. The lowest BCUT2D eigenvalue weighted by Gasteiger charge is -2.27. The lowest BCUT2D eigenvalue weighted by molar-refractivity contribution is -0.134. The highest BCUT2D eigenvalue weighted by atomic mass is 16.6. The van der Waals surface area contributed by atoms with Gasteiger partial charge in [-0.2, -0.15) is 0 Å². The lowest BCUT2D eigenvalue weighted by atomic mass is 9.91. The van der Waals surface area contributed by atoms with Crippen molar-refractivity contribution in [3.05, 3.63) is 100.0 Å². The first-order chi connectivity index (χ1) is 15.5. The molecule has 1 amide bonds. The van der Waals surface area contributed by atoms with Gasteiger partial charge in [0.05, 0.1) is 17.5 Å². The van der Waals surface area contributed by atoms with Gasteiger partial charge in [0, 0.05) is 36.5 Å². The van der Waals surface area contributed by atoms with E-state index in [1.54, 1.807) is 22.9 Å². The summed E-state index contributed by atoms with van der Waals surface area (Å²) in [6, 6.07) is 20.2. The number of rotatable bonds is 3. The Hall–Kier alpha value is -3.67. The quantitative estimate of drug-likeness (QED) is 0.604. The second-order valence-electron chi connectivity index (χ2n) is 8.94. The summed E-state index contributed by atoms with van der Waals surface area (Å²) in [7, 11) is 0. The lowest BCUT2D eigenvalue weighted by Crippen LogP contribution is -2.40. The van der Waals surface area contributed by atoms with Gasteiger partial charge in [-0.25, -0.2) is 4.79 Å². The molecule has 3 heterocycles. The summed E-state index contributed by atoms with van der Waals surface area (Å²) in [4.78, 5) is 39.9. The topological polar surface area (TPSA) is 68.6 Å². The van der Waals surface area contributed by atoms with E-state index in [1.807, 2.05) is 53.4 Å². The van der Waals surface area contributed by atoms with Gasteiger partial charge in [0.1, 0.15) is 0 Å². The predicted octanol–water partition coefficient (Wildman–Crippen LogP) is 3.17. The van der Waals surface area contributed by atoms with Crippen LogP contribution in [0.15, 0.2) is 77.7 Å². The van der Waals surface area contributed by atoms with Gasteiger partial charge in [0.2, 0.25) is 5.91 Å². The van der Waals surface area contributed by atoms with E-state index in [0.29, 0.717) is 25.1 Å². The Labute approximate surface area is 185 Å². The molecule has 1 saturated carbocycles. The molecule has 2 fully saturated rings. The Morgan fingerprint density at radius 3 is 2.38 bits per heavy atom. The van der Waals surface area contributed by atoms with Gasteiger partial charge in [0.25, 0.3) is 5.56 Å². The molecule has 0 radical (unpaired) electrons. The third kappa shape index (κ3) is 2.68. The van der Waals surface area contributed by atoms with Crippen molar-refractivity contribution in [3.63, 3.8) is 0 Å². The number of hydrogen-bond acceptors (Lipinski definition) is 4. The standard InChI is InChI=1S/C26H22N2O4/c29-22-7-3-4-15-28(22)19-10-8-18(9-11-19)25(12-13-25)24(31)27-16-14-26(17-27)21-6-2-1-5-20(21)23(30)32-26/h1-11,15H,12-14,16-17H2/t26-/m0/s1. The summed E-state index contributed by atoms with van der Waals surface area (Å²) in [5, 5.41) is 0. The number of fused-ring (bicyclic) bond motifs is 2. The Kier molecular flexibility index (Phi) is 3.97. The van der Waals surface area contributed by atoms with Crippen molar-refractivity contribution in [1.82, 2.24) is 9.47 Å². The SMILES string of the molecule is O=C1O[C@]2(CCN(C(=O)C3(c4ccc(-n5ccccc5=O)cc4)CC3)C2)c2ccccc21. The van der Waals surface area contributed by atoms with E-state index >= 15 is 0 Å². The zero-order chi connectivity index (χ0) is 21.9. The van der Waals surface area contributed by atoms with Crippen molar-refractivity contribution in [3.8, 4) is 5.69 Å². The Morgan fingerprint density at radius 1 is 0.875 bits per heavy atom. The molecule has 1 aromatic heterocycles. The van der Waals surface area contributed by atoms with Gasteiger partial charge in [-0.15, -0.1) is 0 Å². The van der Waals surface area contributed by atoms with Gasteiger partial charge >= 0.3 is 5.97 Å². The molecular formula is C26H22N2O4. The number of carbonyl (C=O) groups is 2. The van der Waals surface area contributed by atoms with Crippen LogP contribution in [0, 0.1) is 0 Å². The second kappa shape index (κ2) is 6.66. The molecule has 1 atom stereocenters. The molecule has 2 aliphatic heterocycles. The van der Waals surface area contributed by atoms with E-state index in [9.17, 15) is 14.4 Å². The number of ether oxygens (including phenoxy) is 1. The Bertz CT molecular complexity index is 1310. The number of hydrogen-bond donors (Lipinski definition) is 0. The molecule has 1 spiro atoms. The van der Waals surface area contributed by atoms with Crippen molar-refractivity contribution in [2.45, 2.75) is 30.3 Å². The highest BCUT2D eigenvalue weighted by Crippen LogP contribution is 2.52. The van der Waals surface area contributed by atoms with E-state index in [4.69, 9.17) is 4.74 Å². The van der Waals surface area contributed by atoms with Crippen molar-refractivity contribution >= 4 is 11.9 Å². The first-order valence-corrected chi connectivity index (χ1v) is 10.9. The Morgan fingerprint density at radius 2 is 1.62 bits per heavy atom. The summed E-state index contributed by atoms with van der Waals surface area (Å²) >= 11 is 0. The van der Waals surface area contributed by atoms with E-state index in [1.165, 1.54) is 6.07 Å². The maximum absolute atomic E-state index is 13.6. The number of amides is 1. The van der Waals surface area contributed by atoms with Crippen LogP contribution in [0.4, 0.5) is 0 Å². The summed E-state index contributed by atoms with van der Waals surface area (Å²) in [6.07, 6.45) is 3.96. The first kappa shape index (κ1) is 19.0. The summed E-state index contributed by atoms with van der Waals surface area (Å²) in [6.45, 7) is 0.966. The molecule has 3 aliphatic rings. The van der Waals surface area contributed by atoms with E-state index in [2.05, 4.69) is 0 Å². The molecule has 0 unspecified atom stereocenters. The molecule has 2 aromatic carbocycles. The fourth-order valence-electron chi connectivity index (χ4n) is 5.24. The van der Waals surface area contributed by atoms with Crippen LogP contribution < -0.4 is 5.56 Å². The molecule has 160 valence electrons. The summed E-state index contributed by atoms with van der Waals surface area (Å²) in [5.41, 5.74) is 1.91. The van der Waals surface area contributed by atoms with Crippen LogP contribution in [-0.4, -0.2) is 34.4 Å². The van der Waals surface area contributed by atoms with Crippen LogP contribution in [0.25, 0.3) is 5.69 Å². The number of pyridine rings is 1. The molecule has 0 N–H and O–H groups in total. The third-order valence-corrected chi connectivity index (χ3v) is 7.12. The third-order valence-electron chi connectivity index (χ3n) is 7.12. The minimum Gasteiger partial charge on any atom is -0.449 e. The average molecular weight is 426 g/mol. The Balaban J connectivity index is 1.26. The van der Waals surface area contributed by atoms with Gasteiger partial charge in [-0.3, -0.25) is 14.2 Å². The smallest absolute Gasteiger partial charge is 0.339 e. The second-order valence-corrected chi connectivity index (χ2v) is 8.94. The molecule has 1 saturated heterocycles. The maximum atomic E-state index is 13.6. The summed E-state index contributed by atoms with van der Waals surface area (Å²) < 4.78 is 7.39.